The molecule has 4 heteroatoms. The highest BCUT2D eigenvalue weighted by molar-refractivity contribution is 5.89. The van der Waals surface area contributed by atoms with Gasteiger partial charge in [-0.3, -0.25) is 9.59 Å². The molecule has 2 aliphatic heterocycles. The molecule has 0 aromatic carbocycles. The van der Waals surface area contributed by atoms with Crippen LogP contribution in [0.25, 0.3) is 0 Å². The van der Waals surface area contributed by atoms with Crippen molar-refractivity contribution >= 4 is 11.8 Å². The van der Waals surface area contributed by atoms with Gasteiger partial charge in [-0.1, -0.05) is 13.8 Å². The zero-order valence-electron chi connectivity index (χ0n) is 11.9. The number of likely N-dealkylation sites (tertiary alicyclic amines) is 2. The molecule has 2 rings (SSSR count). The maximum absolute atomic E-state index is 12.4. The molecule has 1 unspecified atom stereocenters. The minimum atomic E-state index is -0.117. The quantitative estimate of drug-likeness (QED) is 0.747. The Balaban J connectivity index is 1.98. The molecular formula is C14H24N2O2. The van der Waals surface area contributed by atoms with Crippen LogP contribution in [-0.2, 0) is 9.59 Å². The van der Waals surface area contributed by atoms with Crippen LogP contribution < -0.4 is 0 Å². The van der Waals surface area contributed by atoms with E-state index in [2.05, 4.69) is 13.8 Å². The third-order valence-corrected chi connectivity index (χ3v) is 4.12. The minimum Gasteiger partial charge on any atom is -0.342 e. The largest absolute Gasteiger partial charge is 0.342 e. The van der Waals surface area contributed by atoms with E-state index >= 15 is 0 Å². The van der Waals surface area contributed by atoms with Gasteiger partial charge in [0.05, 0.1) is 5.92 Å². The number of rotatable bonds is 2. The highest BCUT2D eigenvalue weighted by Gasteiger charge is 2.40. The second kappa shape index (κ2) is 4.56. The van der Waals surface area contributed by atoms with Gasteiger partial charge in [-0.2, -0.15) is 0 Å². The second-order valence-electron chi connectivity index (χ2n) is 6.71. The molecule has 1 atom stereocenters. The van der Waals surface area contributed by atoms with Gasteiger partial charge in [0.25, 0.3) is 0 Å². The van der Waals surface area contributed by atoms with Crippen molar-refractivity contribution in [3.05, 3.63) is 0 Å². The van der Waals surface area contributed by atoms with E-state index in [1.165, 1.54) is 0 Å². The third kappa shape index (κ3) is 2.52. The Bertz CT molecular complexity index is 363. The molecule has 102 valence electrons. The summed E-state index contributed by atoms with van der Waals surface area (Å²) in [4.78, 5) is 28.0. The van der Waals surface area contributed by atoms with Gasteiger partial charge in [0.2, 0.25) is 11.8 Å². The first-order valence-corrected chi connectivity index (χ1v) is 6.88. The van der Waals surface area contributed by atoms with Gasteiger partial charge >= 0.3 is 0 Å². The lowest BCUT2D eigenvalue weighted by Crippen LogP contribution is -2.38. The molecule has 0 N–H and O–H groups in total. The first-order chi connectivity index (χ1) is 8.30. The van der Waals surface area contributed by atoms with Gasteiger partial charge in [0.1, 0.15) is 0 Å². The Labute approximate surface area is 109 Å². The summed E-state index contributed by atoms with van der Waals surface area (Å²) in [5.74, 6) is 0.188. The maximum Gasteiger partial charge on any atom is 0.228 e. The fraction of sp³-hybridized carbons (Fsp3) is 0.857. The van der Waals surface area contributed by atoms with Crippen molar-refractivity contribution in [1.82, 2.24) is 9.80 Å². The summed E-state index contributed by atoms with van der Waals surface area (Å²) in [7, 11) is 0. The molecule has 0 bridgehead atoms. The summed E-state index contributed by atoms with van der Waals surface area (Å²) in [6, 6.07) is 0.199. The lowest BCUT2D eigenvalue weighted by Gasteiger charge is -2.24. The molecule has 2 amide bonds. The molecule has 4 nitrogen and oxygen atoms in total. The van der Waals surface area contributed by atoms with Crippen LogP contribution >= 0.6 is 0 Å². The second-order valence-corrected chi connectivity index (χ2v) is 6.71. The summed E-state index contributed by atoms with van der Waals surface area (Å²) >= 11 is 0. The van der Waals surface area contributed by atoms with Crippen molar-refractivity contribution in [3.63, 3.8) is 0 Å². The number of carbonyl (C=O) groups excluding carboxylic acids is 2. The molecule has 0 aromatic rings. The average molecular weight is 252 g/mol. The molecule has 0 aliphatic carbocycles. The van der Waals surface area contributed by atoms with Crippen LogP contribution in [0.5, 0.6) is 0 Å². The van der Waals surface area contributed by atoms with Crippen molar-refractivity contribution < 1.29 is 9.59 Å². The van der Waals surface area contributed by atoms with Gasteiger partial charge in [0, 0.05) is 32.1 Å². The summed E-state index contributed by atoms with van der Waals surface area (Å²) in [5, 5.41) is 0. The number of hydrogen-bond acceptors (Lipinski definition) is 2. The lowest BCUT2D eigenvalue weighted by atomic mass is 9.93. The maximum atomic E-state index is 12.4. The van der Waals surface area contributed by atoms with Crippen LogP contribution in [0.2, 0.25) is 0 Å². The van der Waals surface area contributed by atoms with E-state index in [-0.39, 0.29) is 29.2 Å². The normalized spacial score (nSPS) is 27.4. The Morgan fingerprint density at radius 2 is 2.06 bits per heavy atom. The lowest BCUT2D eigenvalue weighted by molar-refractivity contribution is -0.135. The Hall–Kier alpha value is -1.06. The summed E-state index contributed by atoms with van der Waals surface area (Å²) in [5.41, 5.74) is 0.232. The predicted octanol–water partition coefficient (Wildman–Crippen LogP) is 1.50. The standard InChI is InChI=1S/C14H24N2O2/c1-10(2)16-8-11(7-12(16)17)13(18)15-6-5-14(3,4)9-15/h10-11H,5-9H2,1-4H3. The van der Waals surface area contributed by atoms with E-state index in [0.717, 1.165) is 19.5 Å². The number of amides is 2. The molecule has 2 fully saturated rings. The Kier molecular flexibility index (Phi) is 3.39. The van der Waals surface area contributed by atoms with Gasteiger partial charge in [-0.15, -0.1) is 0 Å². The summed E-state index contributed by atoms with van der Waals surface area (Å²) in [6.07, 6.45) is 1.46. The fourth-order valence-corrected chi connectivity index (χ4v) is 2.95. The van der Waals surface area contributed by atoms with Crippen molar-refractivity contribution in [3.8, 4) is 0 Å². The van der Waals surface area contributed by atoms with E-state index in [4.69, 9.17) is 0 Å². The van der Waals surface area contributed by atoms with Crippen LogP contribution in [-0.4, -0.2) is 47.3 Å². The SMILES string of the molecule is CC(C)N1CC(C(=O)N2CCC(C)(C)C2)CC1=O. The zero-order valence-corrected chi connectivity index (χ0v) is 11.9. The van der Waals surface area contributed by atoms with Gasteiger partial charge in [-0.05, 0) is 25.7 Å². The van der Waals surface area contributed by atoms with E-state index in [9.17, 15) is 9.59 Å². The topological polar surface area (TPSA) is 40.6 Å². The first-order valence-electron chi connectivity index (χ1n) is 6.88. The molecule has 2 saturated heterocycles. The predicted molar refractivity (Wildman–Crippen MR) is 69.9 cm³/mol. The first kappa shape index (κ1) is 13.4. The van der Waals surface area contributed by atoms with Crippen LogP contribution in [0.15, 0.2) is 0 Å². The third-order valence-electron chi connectivity index (χ3n) is 4.12. The molecule has 2 heterocycles. The van der Waals surface area contributed by atoms with Crippen LogP contribution in [0.3, 0.4) is 0 Å². The Morgan fingerprint density at radius 3 is 2.50 bits per heavy atom. The van der Waals surface area contributed by atoms with Crippen molar-refractivity contribution in [2.45, 2.75) is 46.6 Å². The fourth-order valence-electron chi connectivity index (χ4n) is 2.95. The van der Waals surface area contributed by atoms with Gasteiger partial charge in [0.15, 0.2) is 0 Å². The molecular weight excluding hydrogens is 228 g/mol. The van der Waals surface area contributed by atoms with Crippen LogP contribution in [0, 0.1) is 11.3 Å². The minimum absolute atomic E-state index is 0.117. The summed E-state index contributed by atoms with van der Waals surface area (Å²) < 4.78 is 0. The molecule has 18 heavy (non-hydrogen) atoms. The molecule has 0 radical (unpaired) electrons. The molecule has 0 aromatic heterocycles. The average Bonchev–Trinajstić information content (AvgIpc) is 2.80. The van der Waals surface area contributed by atoms with Gasteiger partial charge < -0.3 is 9.80 Å². The highest BCUT2D eigenvalue weighted by Crippen LogP contribution is 2.31. The van der Waals surface area contributed by atoms with Crippen molar-refractivity contribution in [1.29, 1.82) is 0 Å². The van der Waals surface area contributed by atoms with Crippen LogP contribution in [0.1, 0.15) is 40.5 Å². The van der Waals surface area contributed by atoms with E-state index < -0.39 is 0 Å². The van der Waals surface area contributed by atoms with E-state index in [1.807, 2.05) is 23.6 Å². The molecule has 2 aliphatic rings. The van der Waals surface area contributed by atoms with E-state index in [0.29, 0.717) is 13.0 Å². The number of nitrogens with zero attached hydrogens (tertiary/aromatic N) is 2. The number of carbonyl (C=O) groups is 2. The molecule has 0 saturated carbocycles. The van der Waals surface area contributed by atoms with Crippen molar-refractivity contribution in [2.75, 3.05) is 19.6 Å². The van der Waals surface area contributed by atoms with Crippen LogP contribution in [0.4, 0.5) is 0 Å². The van der Waals surface area contributed by atoms with Crippen molar-refractivity contribution in [2.24, 2.45) is 11.3 Å². The highest BCUT2D eigenvalue weighted by atomic mass is 16.2. The summed E-state index contributed by atoms with van der Waals surface area (Å²) in [6.45, 7) is 10.7. The zero-order chi connectivity index (χ0) is 13.5. The smallest absolute Gasteiger partial charge is 0.228 e. The Morgan fingerprint density at radius 1 is 1.39 bits per heavy atom. The van der Waals surface area contributed by atoms with Gasteiger partial charge in [-0.25, -0.2) is 0 Å². The van der Waals surface area contributed by atoms with E-state index in [1.54, 1.807) is 0 Å². The molecule has 0 spiro atoms. The monoisotopic (exact) mass is 252 g/mol. The number of hydrogen-bond donors (Lipinski definition) is 0.